The Hall–Kier alpha value is -2.17. The van der Waals surface area contributed by atoms with Crippen LogP contribution < -0.4 is 14.4 Å². The molecule has 1 aromatic heterocycles. The van der Waals surface area contributed by atoms with Crippen molar-refractivity contribution in [2.24, 2.45) is 4.99 Å². The fourth-order valence-electron chi connectivity index (χ4n) is 2.76. The average molecular weight is 446 g/mol. The topological polar surface area (TPSA) is 84.1 Å². The number of hydrogen-bond donors (Lipinski definition) is 0. The molecule has 0 saturated carbocycles. The van der Waals surface area contributed by atoms with Gasteiger partial charge in [-0.15, -0.1) is 0 Å². The lowest BCUT2D eigenvalue weighted by atomic mass is 10.3. The van der Waals surface area contributed by atoms with Gasteiger partial charge in [0.1, 0.15) is 11.4 Å². The maximum atomic E-state index is 14.4. The fraction of sp³-hybridized carbons (Fsp3) is 0.500. The lowest BCUT2D eigenvalue weighted by molar-refractivity contribution is -0.177. The highest BCUT2D eigenvalue weighted by Gasteiger charge is 2.21. The van der Waals surface area contributed by atoms with Crippen LogP contribution in [0.4, 0.5) is 10.1 Å². The SMILES string of the molecule is COC(C)OC(=O)C(C)Oc1cc(N=c2sc(=O)n3n2CCCC3)c(F)cc1Cl. The van der Waals surface area contributed by atoms with Gasteiger partial charge >= 0.3 is 10.8 Å². The molecule has 2 aromatic rings. The van der Waals surface area contributed by atoms with Crippen molar-refractivity contribution in [3.8, 4) is 5.75 Å². The zero-order chi connectivity index (χ0) is 21.1. The Bertz CT molecular complexity index is 1030. The highest BCUT2D eigenvalue weighted by molar-refractivity contribution is 7.06. The zero-order valence-electron chi connectivity index (χ0n) is 16.2. The van der Waals surface area contributed by atoms with Crippen LogP contribution in [0.3, 0.4) is 0 Å². The van der Waals surface area contributed by atoms with Gasteiger partial charge in [0, 0.05) is 26.3 Å². The van der Waals surface area contributed by atoms with Crippen molar-refractivity contribution < 1.29 is 23.4 Å². The van der Waals surface area contributed by atoms with Crippen LogP contribution in [0.1, 0.15) is 26.7 Å². The predicted molar refractivity (Wildman–Crippen MR) is 105 cm³/mol. The maximum absolute atomic E-state index is 14.4. The molecule has 11 heteroatoms. The molecule has 0 aliphatic carbocycles. The van der Waals surface area contributed by atoms with Gasteiger partial charge in [-0.2, -0.15) is 0 Å². The second-order valence-electron chi connectivity index (χ2n) is 6.45. The first-order valence-electron chi connectivity index (χ1n) is 9.04. The summed E-state index contributed by atoms with van der Waals surface area (Å²) in [5, 5.41) is -0.0133. The van der Waals surface area contributed by atoms with Gasteiger partial charge in [0.2, 0.25) is 4.80 Å². The maximum Gasteiger partial charge on any atom is 0.349 e. The van der Waals surface area contributed by atoms with Crippen LogP contribution in [0.15, 0.2) is 21.9 Å². The van der Waals surface area contributed by atoms with E-state index in [-0.39, 0.29) is 21.3 Å². The second kappa shape index (κ2) is 9.10. The number of carbonyl (C=O) groups is 1. The van der Waals surface area contributed by atoms with E-state index in [2.05, 4.69) is 4.99 Å². The van der Waals surface area contributed by atoms with Crippen molar-refractivity contribution in [2.45, 2.75) is 52.2 Å². The third-order valence-corrected chi connectivity index (χ3v) is 5.52. The van der Waals surface area contributed by atoms with E-state index < -0.39 is 24.2 Å². The van der Waals surface area contributed by atoms with Crippen molar-refractivity contribution >= 4 is 34.6 Å². The summed E-state index contributed by atoms with van der Waals surface area (Å²) in [4.78, 5) is 28.7. The lowest BCUT2D eigenvalue weighted by Crippen LogP contribution is -2.31. The van der Waals surface area contributed by atoms with Gasteiger partial charge in [0.15, 0.2) is 18.2 Å². The number of hydrogen-bond acceptors (Lipinski definition) is 7. The summed E-state index contributed by atoms with van der Waals surface area (Å²) in [5.41, 5.74) is -0.0436. The number of esters is 1. The summed E-state index contributed by atoms with van der Waals surface area (Å²) >= 11 is 7.01. The van der Waals surface area contributed by atoms with Gasteiger partial charge in [0.25, 0.3) is 0 Å². The Morgan fingerprint density at radius 2 is 1.97 bits per heavy atom. The highest BCUT2D eigenvalue weighted by Crippen LogP contribution is 2.32. The van der Waals surface area contributed by atoms with E-state index in [0.29, 0.717) is 17.9 Å². The van der Waals surface area contributed by atoms with Crippen molar-refractivity contribution in [3.63, 3.8) is 0 Å². The number of carbonyl (C=O) groups excluding carboxylic acids is 1. The third-order valence-electron chi connectivity index (χ3n) is 4.36. The van der Waals surface area contributed by atoms with E-state index in [4.69, 9.17) is 25.8 Å². The lowest BCUT2D eigenvalue weighted by Gasteiger charge is -2.18. The minimum atomic E-state index is -1.00. The van der Waals surface area contributed by atoms with Gasteiger partial charge < -0.3 is 14.2 Å². The Morgan fingerprint density at radius 3 is 2.66 bits per heavy atom. The molecule has 0 radical (unpaired) electrons. The molecule has 0 amide bonds. The molecular formula is C18H21ClFN3O5S. The number of halogens is 2. The summed E-state index contributed by atoms with van der Waals surface area (Å²) in [6, 6.07) is 2.35. The number of aromatic nitrogens is 2. The van der Waals surface area contributed by atoms with Crippen molar-refractivity contribution in [3.05, 3.63) is 37.4 Å². The van der Waals surface area contributed by atoms with Gasteiger partial charge in [-0.25, -0.2) is 18.9 Å². The molecule has 8 nitrogen and oxygen atoms in total. The highest BCUT2D eigenvalue weighted by atomic mass is 35.5. The van der Waals surface area contributed by atoms with Crippen LogP contribution in [0.2, 0.25) is 5.02 Å². The monoisotopic (exact) mass is 445 g/mol. The van der Waals surface area contributed by atoms with E-state index in [1.807, 2.05) is 0 Å². The quantitative estimate of drug-likeness (QED) is 0.504. The number of benzene rings is 1. The summed E-state index contributed by atoms with van der Waals surface area (Å²) in [6.45, 7) is 4.29. The van der Waals surface area contributed by atoms with Crippen molar-refractivity contribution in [1.82, 2.24) is 9.36 Å². The minimum absolute atomic E-state index is 0.0133. The Kier molecular flexibility index (Phi) is 6.76. The summed E-state index contributed by atoms with van der Waals surface area (Å²) in [7, 11) is 1.40. The molecular weight excluding hydrogens is 425 g/mol. The smallest absolute Gasteiger partial charge is 0.349 e. The summed E-state index contributed by atoms with van der Waals surface area (Å²) in [5.74, 6) is -1.25. The number of nitrogens with zero attached hydrogens (tertiary/aromatic N) is 3. The predicted octanol–water partition coefficient (Wildman–Crippen LogP) is 2.83. The van der Waals surface area contributed by atoms with E-state index >= 15 is 0 Å². The van der Waals surface area contributed by atoms with Crippen LogP contribution in [0, 0.1) is 5.82 Å². The number of rotatable bonds is 6. The molecule has 158 valence electrons. The number of fused-ring (bicyclic) bond motifs is 1. The molecule has 0 fully saturated rings. The third kappa shape index (κ3) is 4.88. The molecule has 1 aliphatic rings. The van der Waals surface area contributed by atoms with Gasteiger partial charge in [-0.05, 0) is 44.1 Å². The first-order chi connectivity index (χ1) is 13.8. The first kappa shape index (κ1) is 21.5. The molecule has 0 bridgehead atoms. The van der Waals surface area contributed by atoms with Gasteiger partial charge in [0.05, 0.1) is 5.02 Å². The molecule has 2 atom stereocenters. The molecule has 0 N–H and O–H groups in total. The molecule has 1 aromatic carbocycles. The molecule has 29 heavy (non-hydrogen) atoms. The fourth-order valence-corrected chi connectivity index (χ4v) is 3.85. The van der Waals surface area contributed by atoms with E-state index in [9.17, 15) is 14.0 Å². The largest absolute Gasteiger partial charge is 0.477 e. The molecule has 0 saturated heterocycles. The molecule has 2 unspecified atom stereocenters. The molecule has 2 heterocycles. The van der Waals surface area contributed by atoms with Crippen LogP contribution in [0.5, 0.6) is 5.75 Å². The number of methoxy groups -OCH3 is 1. The Morgan fingerprint density at radius 1 is 1.28 bits per heavy atom. The van der Waals surface area contributed by atoms with Gasteiger partial charge in [-0.1, -0.05) is 11.6 Å². The Labute approximate surface area is 175 Å². The van der Waals surface area contributed by atoms with E-state index in [0.717, 1.165) is 30.2 Å². The minimum Gasteiger partial charge on any atom is -0.477 e. The van der Waals surface area contributed by atoms with Crippen LogP contribution in [-0.4, -0.2) is 34.8 Å². The molecule has 0 spiro atoms. The van der Waals surface area contributed by atoms with Gasteiger partial charge in [-0.3, -0.25) is 9.48 Å². The number of ether oxygens (including phenoxy) is 3. The molecule has 3 rings (SSSR count). The van der Waals surface area contributed by atoms with Crippen molar-refractivity contribution in [1.29, 1.82) is 0 Å². The zero-order valence-corrected chi connectivity index (χ0v) is 17.8. The van der Waals surface area contributed by atoms with Crippen LogP contribution in [-0.2, 0) is 27.4 Å². The summed E-state index contributed by atoms with van der Waals surface area (Å²) in [6.07, 6.45) is 0.0963. The second-order valence-corrected chi connectivity index (χ2v) is 7.78. The average Bonchev–Trinajstić information content (AvgIpc) is 3.01. The van der Waals surface area contributed by atoms with Crippen molar-refractivity contribution in [2.75, 3.05) is 7.11 Å². The first-order valence-corrected chi connectivity index (χ1v) is 10.2. The molecule has 1 aliphatic heterocycles. The van der Waals surface area contributed by atoms with Crippen LogP contribution in [0.25, 0.3) is 0 Å². The Balaban J connectivity index is 1.91. The van der Waals surface area contributed by atoms with E-state index in [1.165, 1.54) is 20.1 Å². The normalized spacial score (nSPS) is 16.2. The standard InChI is InChI=1S/C18H21ClFN3O5S/c1-10(16(24)28-11(2)26-3)27-15-9-14(13(20)8-12(15)19)21-17-22-6-4-5-7-23(22)18(25)29-17/h8-11H,4-7H2,1-3H3. The van der Waals surface area contributed by atoms with Crippen LogP contribution >= 0.6 is 22.9 Å². The van der Waals surface area contributed by atoms with E-state index in [1.54, 1.807) is 16.3 Å². The summed E-state index contributed by atoms with van der Waals surface area (Å²) < 4.78 is 33.2.